The van der Waals surface area contributed by atoms with E-state index < -0.39 is 6.04 Å². The maximum atomic E-state index is 13.5. The Bertz CT molecular complexity index is 1310. The summed E-state index contributed by atoms with van der Waals surface area (Å²) in [5, 5.41) is 3.01. The van der Waals surface area contributed by atoms with Crippen molar-refractivity contribution in [2.75, 3.05) is 16.8 Å². The fraction of sp³-hybridized carbons (Fsp3) is 0.222. The van der Waals surface area contributed by atoms with Gasteiger partial charge in [0.1, 0.15) is 6.04 Å². The molecule has 2 heterocycles. The van der Waals surface area contributed by atoms with Crippen molar-refractivity contribution in [1.82, 2.24) is 9.55 Å². The standard InChI is InChI=1S/C27H26N4O2/c1-2-20-12-6-7-13-21(20)28-25(32)18-24-26(33)30(17-16-19-10-4-3-5-11-19)27-29-22-14-8-9-15-23(22)31(24)27/h3-15,24H,2,16-18H2,1H3,(H,28,32)/t24-/m1/s1. The minimum absolute atomic E-state index is 0.0616. The van der Waals surface area contributed by atoms with Gasteiger partial charge in [-0.25, -0.2) is 4.98 Å². The first-order valence-corrected chi connectivity index (χ1v) is 11.4. The lowest BCUT2D eigenvalue weighted by molar-refractivity contribution is -0.124. The van der Waals surface area contributed by atoms with Crippen LogP contribution in [0.4, 0.5) is 11.6 Å². The Hall–Kier alpha value is -3.93. The Balaban J connectivity index is 1.42. The van der Waals surface area contributed by atoms with E-state index in [0.29, 0.717) is 12.5 Å². The number of benzene rings is 3. The lowest BCUT2D eigenvalue weighted by Gasteiger charge is -2.16. The number of para-hydroxylation sites is 3. The number of aromatic nitrogens is 2. The van der Waals surface area contributed by atoms with Gasteiger partial charge in [-0.15, -0.1) is 0 Å². The number of amides is 2. The SMILES string of the molecule is CCc1ccccc1NC(=O)C[C@@H]1C(=O)N(CCc2ccccc2)c2nc3ccccc3n21. The van der Waals surface area contributed by atoms with Gasteiger partial charge in [-0.1, -0.05) is 67.6 Å². The van der Waals surface area contributed by atoms with Crippen LogP contribution >= 0.6 is 0 Å². The van der Waals surface area contributed by atoms with Crippen molar-refractivity contribution in [3.05, 3.63) is 90.0 Å². The van der Waals surface area contributed by atoms with E-state index in [9.17, 15) is 9.59 Å². The molecule has 2 amide bonds. The minimum Gasteiger partial charge on any atom is -0.326 e. The number of nitrogens with one attached hydrogen (secondary N) is 1. The van der Waals surface area contributed by atoms with Crippen molar-refractivity contribution in [2.45, 2.75) is 32.2 Å². The highest BCUT2D eigenvalue weighted by Gasteiger charge is 2.40. The number of aryl methyl sites for hydroxylation is 1. The van der Waals surface area contributed by atoms with Crippen molar-refractivity contribution in [3.63, 3.8) is 0 Å². The van der Waals surface area contributed by atoms with E-state index in [1.54, 1.807) is 4.90 Å². The minimum atomic E-state index is -0.614. The number of rotatable bonds is 7. The summed E-state index contributed by atoms with van der Waals surface area (Å²) < 4.78 is 1.92. The Labute approximate surface area is 192 Å². The molecule has 0 saturated heterocycles. The molecule has 0 bridgehead atoms. The maximum absolute atomic E-state index is 13.5. The summed E-state index contributed by atoms with van der Waals surface area (Å²) in [5.74, 6) is 0.352. The van der Waals surface area contributed by atoms with Gasteiger partial charge >= 0.3 is 0 Å². The first kappa shape index (κ1) is 20.9. The second-order valence-electron chi connectivity index (χ2n) is 8.27. The second-order valence-corrected chi connectivity index (χ2v) is 8.27. The topological polar surface area (TPSA) is 67.2 Å². The average Bonchev–Trinajstić information content (AvgIpc) is 3.33. The fourth-order valence-corrected chi connectivity index (χ4v) is 4.52. The molecule has 5 rings (SSSR count). The molecule has 0 radical (unpaired) electrons. The van der Waals surface area contributed by atoms with Gasteiger partial charge in [0, 0.05) is 12.2 Å². The molecule has 1 aliphatic heterocycles. The molecule has 0 fully saturated rings. The molecule has 1 aromatic heterocycles. The lowest BCUT2D eigenvalue weighted by Crippen LogP contribution is -2.33. The fourth-order valence-electron chi connectivity index (χ4n) is 4.52. The van der Waals surface area contributed by atoms with E-state index in [4.69, 9.17) is 4.98 Å². The van der Waals surface area contributed by atoms with Crippen LogP contribution in [0.5, 0.6) is 0 Å². The highest BCUT2D eigenvalue weighted by atomic mass is 16.2. The van der Waals surface area contributed by atoms with Gasteiger partial charge in [0.2, 0.25) is 11.9 Å². The summed E-state index contributed by atoms with van der Waals surface area (Å²) in [7, 11) is 0. The first-order chi connectivity index (χ1) is 16.2. The highest BCUT2D eigenvalue weighted by Crippen LogP contribution is 2.36. The van der Waals surface area contributed by atoms with E-state index in [0.717, 1.165) is 40.7 Å². The molecule has 6 heteroatoms. The molecular formula is C27H26N4O2. The Morgan fingerprint density at radius 2 is 1.70 bits per heavy atom. The second kappa shape index (κ2) is 8.90. The van der Waals surface area contributed by atoms with Crippen LogP contribution in [-0.4, -0.2) is 27.9 Å². The number of carbonyl (C=O) groups excluding carboxylic acids is 2. The largest absolute Gasteiger partial charge is 0.326 e. The van der Waals surface area contributed by atoms with E-state index in [1.807, 2.05) is 71.3 Å². The summed E-state index contributed by atoms with van der Waals surface area (Å²) in [6, 6.07) is 25.0. The Kier molecular flexibility index (Phi) is 5.65. The summed E-state index contributed by atoms with van der Waals surface area (Å²) in [4.78, 5) is 33.0. The molecule has 0 unspecified atom stereocenters. The van der Waals surface area contributed by atoms with Gasteiger partial charge < -0.3 is 5.32 Å². The first-order valence-electron chi connectivity index (χ1n) is 11.4. The van der Waals surface area contributed by atoms with E-state index >= 15 is 0 Å². The normalized spacial score (nSPS) is 15.1. The summed E-state index contributed by atoms with van der Waals surface area (Å²) in [5.41, 5.74) is 4.72. The maximum Gasteiger partial charge on any atom is 0.253 e. The average molecular weight is 439 g/mol. The Morgan fingerprint density at radius 1 is 0.970 bits per heavy atom. The molecule has 1 N–H and O–H groups in total. The predicted molar refractivity (Wildman–Crippen MR) is 130 cm³/mol. The molecule has 1 aliphatic rings. The van der Waals surface area contributed by atoms with Crippen molar-refractivity contribution >= 4 is 34.5 Å². The summed E-state index contributed by atoms with van der Waals surface area (Å²) >= 11 is 0. The van der Waals surface area contributed by atoms with Crippen molar-refractivity contribution in [2.24, 2.45) is 0 Å². The molecular weight excluding hydrogens is 412 g/mol. The zero-order valence-corrected chi connectivity index (χ0v) is 18.6. The third kappa shape index (κ3) is 4.00. The van der Waals surface area contributed by atoms with Crippen LogP contribution in [0.2, 0.25) is 0 Å². The zero-order valence-electron chi connectivity index (χ0n) is 18.6. The quantitative estimate of drug-likeness (QED) is 0.452. The number of fused-ring (bicyclic) bond motifs is 3. The molecule has 0 aliphatic carbocycles. The molecule has 166 valence electrons. The number of hydrogen-bond acceptors (Lipinski definition) is 3. The van der Waals surface area contributed by atoms with Gasteiger partial charge in [-0.2, -0.15) is 0 Å². The lowest BCUT2D eigenvalue weighted by atomic mass is 10.1. The number of nitrogens with zero attached hydrogens (tertiary/aromatic N) is 3. The predicted octanol–water partition coefficient (Wildman–Crippen LogP) is 4.76. The van der Waals surface area contributed by atoms with E-state index in [1.165, 1.54) is 0 Å². The molecule has 4 aromatic rings. The highest BCUT2D eigenvalue weighted by molar-refractivity contribution is 6.05. The molecule has 1 atom stereocenters. The number of imidazole rings is 1. The third-order valence-corrected chi connectivity index (χ3v) is 6.20. The van der Waals surface area contributed by atoms with Crippen LogP contribution in [0.15, 0.2) is 78.9 Å². The zero-order chi connectivity index (χ0) is 22.8. The van der Waals surface area contributed by atoms with Crippen molar-refractivity contribution in [3.8, 4) is 0 Å². The van der Waals surface area contributed by atoms with Crippen molar-refractivity contribution in [1.29, 1.82) is 0 Å². The summed E-state index contributed by atoms with van der Waals surface area (Å²) in [6.45, 7) is 2.57. The third-order valence-electron chi connectivity index (χ3n) is 6.20. The van der Waals surface area contributed by atoms with Gasteiger partial charge in [0.25, 0.3) is 5.91 Å². The van der Waals surface area contributed by atoms with Crippen LogP contribution in [0.25, 0.3) is 11.0 Å². The monoisotopic (exact) mass is 438 g/mol. The van der Waals surface area contributed by atoms with E-state index in [-0.39, 0.29) is 18.2 Å². The van der Waals surface area contributed by atoms with E-state index in [2.05, 4.69) is 24.4 Å². The molecule has 6 nitrogen and oxygen atoms in total. The smallest absolute Gasteiger partial charge is 0.253 e. The van der Waals surface area contributed by atoms with Gasteiger partial charge in [-0.05, 0) is 42.2 Å². The summed E-state index contributed by atoms with van der Waals surface area (Å²) in [6.07, 6.45) is 1.60. The molecule has 33 heavy (non-hydrogen) atoms. The van der Waals surface area contributed by atoms with Crippen LogP contribution < -0.4 is 10.2 Å². The van der Waals surface area contributed by atoms with Crippen LogP contribution in [0, 0.1) is 0 Å². The van der Waals surface area contributed by atoms with Gasteiger partial charge in [0.05, 0.1) is 17.5 Å². The Morgan fingerprint density at radius 3 is 2.52 bits per heavy atom. The van der Waals surface area contributed by atoms with Crippen LogP contribution in [0.1, 0.15) is 30.5 Å². The van der Waals surface area contributed by atoms with Crippen LogP contribution in [0.3, 0.4) is 0 Å². The number of anilines is 2. The van der Waals surface area contributed by atoms with Gasteiger partial charge in [-0.3, -0.25) is 19.1 Å². The molecule has 0 saturated carbocycles. The van der Waals surface area contributed by atoms with Crippen molar-refractivity contribution < 1.29 is 9.59 Å². The number of carbonyl (C=O) groups is 2. The van der Waals surface area contributed by atoms with Gasteiger partial charge in [0.15, 0.2) is 0 Å². The molecule has 3 aromatic carbocycles. The number of hydrogen-bond donors (Lipinski definition) is 1. The molecule has 0 spiro atoms. The van der Waals surface area contributed by atoms with Crippen LogP contribution in [-0.2, 0) is 22.4 Å².